The second-order valence-corrected chi connectivity index (χ2v) is 7.48. The van der Waals surface area contributed by atoms with Gasteiger partial charge in [0.25, 0.3) is 0 Å². The summed E-state index contributed by atoms with van der Waals surface area (Å²) in [7, 11) is 0. The zero-order valence-corrected chi connectivity index (χ0v) is 15.0. The zero-order chi connectivity index (χ0) is 17.4. The molecular weight excluding hydrogens is 308 g/mol. The van der Waals surface area contributed by atoms with Crippen LogP contribution in [-0.4, -0.2) is 11.9 Å². The van der Waals surface area contributed by atoms with E-state index in [1.54, 1.807) is 6.92 Å². The normalized spacial score (nSPS) is 25.8. The number of nitrogens with one attached hydrogen (secondary N) is 1. The molecule has 0 spiro atoms. The molecule has 0 radical (unpaired) electrons. The number of carbonyl (C=O) groups excluding carboxylic acids is 1. The van der Waals surface area contributed by atoms with Crippen LogP contribution in [0.4, 0.5) is 11.4 Å². The molecule has 1 N–H and O–H groups in total. The number of fused-ring (bicyclic) bond motifs is 1. The maximum absolute atomic E-state index is 12.5. The van der Waals surface area contributed by atoms with Crippen LogP contribution in [0.1, 0.15) is 44.7 Å². The fourth-order valence-corrected chi connectivity index (χ4v) is 4.57. The average Bonchev–Trinajstić information content (AvgIpc) is 2.57. The number of carbonyl (C=O) groups is 1. The lowest BCUT2D eigenvalue weighted by molar-refractivity contribution is -0.118. The van der Waals surface area contributed by atoms with E-state index < -0.39 is 0 Å². The first-order valence-corrected chi connectivity index (χ1v) is 9.37. The Labute approximate surface area is 150 Å². The Balaban J connectivity index is 1.77. The van der Waals surface area contributed by atoms with Crippen LogP contribution in [-0.2, 0) is 4.79 Å². The van der Waals surface area contributed by atoms with Crippen molar-refractivity contribution in [3.63, 3.8) is 0 Å². The summed E-state index contributed by atoms with van der Waals surface area (Å²) >= 11 is 0. The summed E-state index contributed by atoms with van der Waals surface area (Å²) in [6.45, 7) is 4.01. The topological polar surface area (TPSA) is 32.3 Å². The quantitative estimate of drug-likeness (QED) is 0.855. The fraction of sp³-hybridized carbons (Fsp3) is 0.409. The lowest BCUT2D eigenvalue weighted by atomic mass is 9.69. The number of hydrogen-bond donors (Lipinski definition) is 1. The maximum Gasteiger partial charge on any atom is 0.224 e. The predicted octanol–water partition coefficient (Wildman–Crippen LogP) is 5.01. The molecule has 3 heteroatoms. The Kier molecular flexibility index (Phi) is 4.24. The molecule has 1 saturated carbocycles. The second kappa shape index (κ2) is 6.55. The second-order valence-electron chi connectivity index (χ2n) is 7.48. The summed E-state index contributed by atoms with van der Waals surface area (Å²) in [6.07, 6.45) is 3.76. The molecule has 1 aliphatic carbocycles. The fourth-order valence-electron chi connectivity index (χ4n) is 4.57. The molecule has 2 aromatic carbocycles. The molecule has 1 fully saturated rings. The number of benzene rings is 2. The van der Waals surface area contributed by atoms with Crippen molar-refractivity contribution >= 4 is 17.3 Å². The molecule has 1 amide bonds. The third-order valence-corrected chi connectivity index (χ3v) is 5.96. The number of anilines is 2. The van der Waals surface area contributed by atoms with Crippen LogP contribution in [0, 0.1) is 11.8 Å². The summed E-state index contributed by atoms with van der Waals surface area (Å²) < 4.78 is 0. The molecule has 2 aliphatic rings. The summed E-state index contributed by atoms with van der Waals surface area (Å²) in [6, 6.07) is 19.3. The van der Waals surface area contributed by atoms with Gasteiger partial charge in [-0.2, -0.15) is 0 Å². The molecule has 1 heterocycles. The zero-order valence-electron chi connectivity index (χ0n) is 15.0. The monoisotopic (exact) mass is 334 g/mol. The molecule has 3 nitrogen and oxygen atoms in total. The third kappa shape index (κ3) is 2.82. The standard InChI is InChI=1S/C22H26N2O/c1-15-21(23-18-11-4-3-5-12-18)19-13-6-7-14-20(19)24(16(2)25)22(15)17-9-8-10-17/h3-7,11-15,17,21-23H,8-10H2,1-2H3/t15-,21?,22?/m1/s1. The van der Waals surface area contributed by atoms with Gasteiger partial charge in [0.05, 0.1) is 6.04 Å². The van der Waals surface area contributed by atoms with Gasteiger partial charge < -0.3 is 10.2 Å². The van der Waals surface area contributed by atoms with Gasteiger partial charge in [-0.1, -0.05) is 49.7 Å². The Morgan fingerprint density at radius 1 is 1.04 bits per heavy atom. The molecular formula is C22H26N2O. The minimum Gasteiger partial charge on any atom is -0.378 e. The first-order chi connectivity index (χ1) is 12.2. The Morgan fingerprint density at radius 3 is 2.36 bits per heavy atom. The Hall–Kier alpha value is -2.29. The van der Waals surface area contributed by atoms with E-state index in [0.717, 1.165) is 11.4 Å². The molecule has 2 aromatic rings. The van der Waals surface area contributed by atoms with Crippen molar-refractivity contribution in [3.05, 3.63) is 60.2 Å². The highest BCUT2D eigenvalue weighted by Gasteiger charge is 2.45. The van der Waals surface area contributed by atoms with Crippen molar-refractivity contribution in [1.82, 2.24) is 0 Å². The maximum atomic E-state index is 12.5. The Bertz CT molecular complexity index is 754. The molecule has 4 rings (SSSR count). The van der Waals surface area contributed by atoms with Crippen LogP contribution in [0.5, 0.6) is 0 Å². The lowest BCUT2D eigenvalue weighted by Gasteiger charge is -2.50. The van der Waals surface area contributed by atoms with Crippen molar-refractivity contribution in [1.29, 1.82) is 0 Å². The highest BCUT2D eigenvalue weighted by molar-refractivity contribution is 5.94. The van der Waals surface area contributed by atoms with Crippen molar-refractivity contribution < 1.29 is 4.79 Å². The molecule has 1 aliphatic heterocycles. The van der Waals surface area contributed by atoms with Crippen LogP contribution in [0.25, 0.3) is 0 Å². The molecule has 130 valence electrons. The van der Waals surface area contributed by atoms with E-state index in [2.05, 4.69) is 59.6 Å². The smallest absolute Gasteiger partial charge is 0.224 e. The molecule has 25 heavy (non-hydrogen) atoms. The van der Waals surface area contributed by atoms with E-state index in [-0.39, 0.29) is 18.0 Å². The summed E-state index contributed by atoms with van der Waals surface area (Å²) in [5.74, 6) is 1.14. The van der Waals surface area contributed by atoms with E-state index in [1.807, 2.05) is 12.1 Å². The van der Waals surface area contributed by atoms with E-state index in [9.17, 15) is 4.79 Å². The molecule has 3 atom stereocenters. The van der Waals surface area contributed by atoms with E-state index >= 15 is 0 Å². The van der Waals surface area contributed by atoms with Gasteiger partial charge in [0.1, 0.15) is 0 Å². The van der Waals surface area contributed by atoms with Gasteiger partial charge in [0.2, 0.25) is 5.91 Å². The van der Waals surface area contributed by atoms with E-state index in [0.29, 0.717) is 11.8 Å². The van der Waals surface area contributed by atoms with Gasteiger partial charge in [-0.25, -0.2) is 0 Å². The predicted molar refractivity (Wildman–Crippen MR) is 103 cm³/mol. The first kappa shape index (κ1) is 16.2. The molecule has 0 bridgehead atoms. The average molecular weight is 334 g/mol. The van der Waals surface area contributed by atoms with Gasteiger partial charge in [0, 0.05) is 30.3 Å². The number of para-hydroxylation sites is 2. The summed E-state index contributed by atoms with van der Waals surface area (Å²) in [4.78, 5) is 14.6. The Morgan fingerprint density at radius 2 is 1.72 bits per heavy atom. The summed E-state index contributed by atoms with van der Waals surface area (Å²) in [5, 5.41) is 3.74. The SMILES string of the molecule is CC(=O)N1c2ccccc2C(Nc2ccccc2)[C@@H](C)C1C1CCC1. The highest BCUT2D eigenvalue weighted by Crippen LogP contribution is 2.48. The van der Waals surface area contributed by atoms with Gasteiger partial charge in [-0.15, -0.1) is 0 Å². The van der Waals surface area contributed by atoms with Crippen molar-refractivity contribution in [2.45, 2.75) is 45.2 Å². The van der Waals surface area contributed by atoms with Crippen LogP contribution < -0.4 is 10.2 Å². The number of hydrogen-bond acceptors (Lipinski definition) is 2. The van der Waals surface area contributed by atoms with Gasteiger partial charge in [-0.05, 0) is 42.5 Å². The van der Waals surface area contributed by atoms with Crippen LogP contribution in [0.2, 0.25) is 0 Å². The van der Waals surface area contributed by atoms with E-state index in [1.165, 1.54) is 24.8 Å². The number of rotatable bonds is 3. The van der Waals surface area contributed by atoms with Crippen molar-refractivity contribution in [2.75, 3.05) is 10.2 Å². The number of nitrogens with zero attached hydrogens (tertiary/aromatic N) is 1. The molecule has 0 saturated heterocycles. The largest absolute Gasteiger partial charge is 0.378 e. The van der Waals surface area contributed by atoms with E-state index in [4.69, 9.17) is 0 Å². The number of amides is 1. The lowest BCUT2D eigenvalue weighted by Crippen LogP contribution is -2.54. The van der Waals surface area contributed by atoms with Crippen LogP contribution in [0.3, 0.4) is 0 Å². The van der Waals surface area contributed by atoms with Gasteiger partial charge >= 0.3 is 0 Å². The molecule has 0 aromatic heterocycles. The van der Waals surface area contributed by atoms with Crippen LogP contribution >= 0.6 is 0 Å². The third-order valence-electron chi connectivity index (χ3n) is 5.96. The first-order valence-electron chi connectivity index (χ1n) is 9.37. The highest BCUT2D eigenvalue weighted by atomic mass is 16.2. The van der Waals surface area contributed by atoms with Crippen LogP contribution in [0.15, 0.2) is 54.6 Å². The van der Waals surface area contributed by atoms with Crippen molar-refractivity contribution in [3.8, 4) is 0 Å². The minimum absolute atomic E-state index is 0.161. The van der Waals surface area contributed by atoms with Gasteiger partial charge in [0.15, 0.2) is 0 Å². The minimum atomic E-state index is 0.161. The van der Waals surface area contributed by atoms with Gasteiger partial charge in [-0.3, -0.25) is 4.79 Å². The molecule has 2 unspecified atom stereocenters. The van der Waals surface area contributed by atoms with Crippen molar-refractivity contribution in [2.24, 2.45) is 11.8 Å². The summed E-state index contributed by atoms with van der Waals surface area (Å²) in [5.41, 5.74) is 3.45.